The van der Waals surface area contributed by atoms with Crippen LogP contribution in [0.5, 0.6) is 0 Å². The van der Waals surface area contributed by atoms with Gasteiger partial charge in [-0.25, -0.2) is 0 Å². The summed E-state index contributed by atoms with van der Waals surface area (Å²) in [4.78, 5) is 47.8. The van der Waals surface area contributed by atoms with Crippen LogP contribution in [0.25, 0.3) is 0 Å². The zero-order valence-corrected chi connectivity index (χ0v) is 28.6. The first kappa shape index (κ1) is 34.0. The Morgan fingerprint density at radius 3 is 2.37 bits per heavy atom. The molecule has 5 atom stereocenters. The first-order valence-corrected chi connectivity index (χ1v) is 18.2. The van der Waals surface area contributed by atoms with Gasteiger partial charge in [-0.05, 0) is 0 Å². The molecule has 2 fully saturated rings. The Morgan fingerprint density at radius 2 is 1.76 bits per heavy atom. The number of imide groups is 1. The summed E-state index contributed by atoms with van der Waals surface area (Å²) in [7, 11) is -3.54. The molecule has 2 aromatic rings. The quantitative estimate of drug-likeness (QED) is 0.316. The van der Waals surface area contributed by atoms with Crippen molar-refractivity contribution in [2.45, 2.75) is 90.9 Å². The van der Waals surface area contributed by atoms with Gasteiger partial charge in [0.25, 0.3) is 0 Å². The minimum absolute atomic E-state index is 0.00263. The van der Waals surface area contributed by atoms with E-state index in [1.807, 2.05) is 107 Å². The van der Waals surface area contributed by atoms with Crippen molar-refractivity contribution in [1.29, 1.82) is 5.26 Å². The van der Waals surface area contributed by atoms with Crippen molar-refractivity contribution in [3.63, 3.8) is 0 Å². The molecule has 0 spiro atoms. The number of benzene rings is 2. The molecular formula is C34H47N6O5P. The van der Waals surface area contributed by atoms with Gasteiger partial charge in [0.05, 0.1) is 0 Å². The fourth-order valence-electron chi connectivity index (χ4n) is 7.08. The summed E-state index contributed by atoms with van der Waals surface area (Å²) in [5.74, 6) is 0.174. The summed E-state index contributed by atoms with van der Waals surface area (Å²) in [6.07, 6.45) is -0.914. The van der Waals surface area contributed by atoms with Crippen LogP contribution in [-0.2, 0) is 14.1 Å². The van der Waals surface area contributed by atoms with Gasteiger partial charge in [0, 0.05) is 0 Å². The summed E-state index contributed by atoms with van der Waals surface area (Å²) in [5.41, 5.74) is 0.787. The number of hydrogen-bond acceptors (Lipinski definition) is 9. The number of hydrogen-bond donors (Lipinski definition) is 2. The zero-order chi connectivity index (χ0) is 33.2. The van der Waals surface area contributed by atoms with E-state index in [4.69, 9.17) is 14.3 Å². The van der Waals surface area contributed by atoms with E-state index >= 15 is 0 Å². The van der Waals surface area contributed by atoms with Crippen LogP contribution >= 0.6 is 7.87 Å². The summed E-state index contributed by atoms with van der Waals surface area (Å²) < 4.78 is 14.9. The van der Waals surface area contributed by atoms with E-state index < -0.39 is 43.7 Å². The number of para-hydroxylation sites is 1. The number of carbonyl (C=O) groups is 2. The molecule has 3 aliphatic heterocycles. The number of anilines is 1. The van der Waals surface area contributed by atoms with Gasteiger partial charge in [-0.2, -0.15) is 0 Å². The predicted molar refractivity (Wildman–Crippen MR) is 180 cm³/mol. The van der Waals surface area contributed by atoms with Crippen LogP contribution in [0.3, 0.4) is 0 Å². The number of ether oxygens (including phenoxy) is 1. The van der Waals surface area contributed by atoms with Gasteiger partial charge in [-0.15, -0.1) is 0 Å². The van der Waals surface area contributed by atoms with E-state index in [9.17, 15) is 19.7 Å². The molecule has 2 unspecified atom stereocenters. The summed E-state index contributed by atoms with van der Waals surface area (Å²) >= 11 is 0. The molecule has 0 aliphatic carbocycles. The second-order valence-corrected chi connectivity index (χ2v) is 16.0. The van der Waals surface area contributed by atoms with Crippen LogP contribution in [0.15, 0.2) is 65.7 Å². The Labute approximate surface area is 272 Å². The molecule has 0 radical (unpaired) electrons. The molecule has 0 saturated carbocycles. The Bertz CT molecular complexity index is 1460. The van der Waals surface area contributed by atoms with Gasteiger partial charge in [-0.3, -0.25) is 0 Å². The Kier molecular flexibility index (Phi) is 10.2. The van der Waals surface area contributed by atoms with Crippen molar-refractivity contribution in [1.82, 2.24) is 14.9 Å². The van der Waals surface area contributed by atoms with E-state index in [2.05, 4.69) is 16.3 Å². The molecule has 248 valence electrons. The second-order valence-electron chi connectivity index (χ2n) is 13.2. The molecule has 3 aliphatic rings. The first-order chi connectivity index (χ1) is 21.9. The molecule has 0 bridgehead atoms. The number of urea groups is 1. The van der Waals surface area contributed by atoms with Crippen LogP contribution in [0.1, 0.15) is 66.0 Å². The molecule has 46 heavy (non-hydrogen) atoms. The number of nitriles is 1. The summed E-state index contributed by atoms with van der Waals surface area (Å²) in [6.45, 7) is 12.3. The monoisotopic (exact) mass is 650 g/mol. The van der Waals surface area contributed by atoms with Gasteiger partial charge in [0.2, 0.25) is 0 Å². The predicted octanol–water partition coefficient (Wildman–Crippen LogP) is 5.24. The van der Waals surface area contributed by atoms with Crippen molar-refractivity contribution in [2.24, 2.45) is 10.4 Å². The van der Waals surface area contributed by atoms with E-state index in [0.29, 0.717) is 18.8 Å². The van der Waals surface area contributed by atoms with Crippen LogP contribution in [0.2, 0.25) is 0 Å². The maximum atomic E-state index is 13.7. The third-order valence-electron chi connectivity index (χ3n) is 9.20. The van der Waals surface area contributed by atoms with Gasteiger partial charge < -0.3 is 0 Å². The van der Waals surface area contributed by atoms with Crippen molar-refractivity contribution in [3.8, 4) is 6.07 Å². The topological polar surface area (TPSA) is 131 Å². The van der Waals surface area contributed by atoms with E-state index in [0.717, 1.165) is 11.3 Å². The third-order valence-corrected chi connectivity index (χ3v) is 12.6. The third kappa shape index (κ3) is 6.69. The summed E-state index contributed by atoms with van der Waals surface area (Å²) in [5, 5.41) is 11.9. The van der Waals surface area contributed by atoms with Crippen LogP contribution in [-0.4, -0.2) is 82.0 Å². The van der Waals surface area contributed by atoms with Crippen molar-refractivity contribution < 1.29 is 23.7 Å². The number of carbonyl (C=O) groups excluding carboxylic acids is 2. The molecule has 0 aromatic heterocycles. The molecule has 11 nitrogen and oxygen atoms in total. The Morgan fingerprint density at radius 1 is 1.13 bits per heavy atom. The van der Waals surface area contributed by atoms with Crippen LogP contribution < -0.4 is 10.2 Å². The molecule has 2 N–H and O–H groups in total. The second kappa shape index (κ2) is 13.8. The standard InChI is InChI=1S/C34H47N6O5P/c1-23(2)40(24(3)4)46(43,19-13-18-35)45-29-20-30(44-25(29)5)39-22-34(6,32(41)37-33(39)42)31-36-28(26-14-9-7-10-15-26)21-38(31)27-16-11-8-12-17-27/h7-12,14-17,23-25,28-30,43,46H,13,19-22H2,1-6H3,(H,37,41,42)/t25-,28?,29+,30-,34?/m1/s1. The molecule has 3 amide bonds. The number of amidine groups is 1. The van der Waals surface area contributed by atoms with Gasteiger partial charge in [-0.1, -0.05) is 24.3 Å². The number of nitrogens with one attached hydrogen (secondary N) is 1. The number of amides is 3. The molecule has 12 heteroatoms. The average Bonchev–Trinajstić information content (AvgIpc) is 3.63. The molecule has 3 heterocycles. The SMILES string of the molecule is CC(C)N(C(C)C)[PH](O)(CCC#N)O[C@H]1C[C@H](N2CC(C)(C3=NC(c4ccccc4)CN3c3ccccc3)C(=O)NC2=O)O[C@@H]1C. The maximum absolute atomic E-state index is 13.7. The zero-order valence-electron chi connectivity index (χ0n) is 27.6. The van der Waals surface area contributed by atoms with E-state index in [1.165, 1.54) is 0 Å². The van der Waals surface area contributed by atoms with Crippen LogP contribution in [0.4, 0.5) is 10.5 Å². The number of aliphatic imine (C=N–C) groups is 1. The van der Waals surface area contributed by atoms with E-state index in [1.54, 1.807) is 4.90 Å². The van der Waals surface area contributed by atoms with Crippen molar-refractivity contribution >= 4 is 31.3 Å². The fraction of sp³-hybridized carbons (Fsp3) is 0.529. The normalized spacial score (nSPS) is 27.4. The first-order valence-electron chi connectivity index (χ1n) is 16.2. The van der Waals surface area contributed by atoms with Gasteiger partial charge >= 0.3 is 249 Å². The van der Waals surface area contributed by atoms with Crippen molar-refractivity contribution in [3.05, 3.63) is 66.2 Å². The summed E-state index contributed by atoms with van der Waals surface area (Å²) in [6, 6.07) is 21.3. The molecule has 2 aromatic carbocycles. The number of rotatable bonds is 11. The van der Waals surface area contributed by atoms with Crippen molar-refractivity contribution in [2.75, 3.05) is 24.2 Å². The Hall–Kier alpha value is -3.39. The molecule has 2 saturated heterocycles. The fourth-order valence-corrected chi connectivity index (χ4v) is 10.4. The average molecular weight is 651 g/mol. The van der Waals surface area contributed by atoms with E-state index in [-0.39, 0.29) is 37.3 Å². The molecule has 5 rings (SSSR count). The van der Waals surface area contributed by atoms with Gasteiger partial charge in [0.15, 0.2) is 0 Å². The van der Waals surface area contributed by atoms with Crippen LogP contribution in [0, 0.1) is 16.7 Å². The van der Waals surface area contributed by atoms with Gasteiger partial charge in [0.1, 0.15) is 0 Å². The Balaban J connectivity index is 1.42. The molecular weight excluding hydrogens is 603 g/mol. The number of nitrogens with zero attached hydrogens (tertiary/aromatic N) is 5. The minimum atomic E-state index is -3.54.